The van der Waals surface area contributed by atoms with E-state index in [-0.39, 0.29) is 11.3 Å². The van der Waals surface area contributed by atoms with Crippen LogP contribution in [-0.4, -0.2) is 54.5 Å². The Labute approximate surface area is 172 Å². The number of amides is 1. The normalized spacial score (nSPS) is 11.0. The van der Waals surface area contributed by atoms with E-state index in [2.05, 4.69) is 4.98 Å². The van der Waals surface area contributed by atoms with Crippen LogP contribution in [0.4, 0.5) is 10.8 Å². The Morgan fingerprint density at radius 1 is 1.21 bits per heavy atom. The van der Waals surface area contributed by atoms with Crippen LogP contribution in [0.1, 0.15) is 17.3 Å². The molecule has 1 amide bonds. The molecule has 29 heavy (non-hydrogen) atoms. The number of hydrogen-bond acceptors (Lipinski definition) is 7. The number of rotatable bonds is 8. The maximum absolute atomic E-state index is 13.3. The summed E-state index contributed by atoms with van der Waals surface area (Å²) in [5, 5.41) is 11.9. The van der Waals surface area contributed by atoms with Crippen LogP contribution >= 0.6 is 11.3 Å². The molecule has 0 spiro atoms. The van der Waals surface area contributed by atoms with Gasteiger partial charge < -0.3 is 9.64 Å². The van der Waals surface area contributed by atoms with Gasteiger partial charge in [0.1, 0.15) is 11.3 Å². The van der Waals surface area contributed by atoms with Crippen molar-refractivity contribution < 1.29 is 14.5 Å². The fourth-order valence-corrected chi connectivity index (χ4v) is 3.83. The molecule has 0 bridgehead atoms. The van der Waals surface area contributed by atoms with E-state index in [9.17, 15) is 14.9 Å². The summed E-state index contributed by atoms with van der Waals surface area (Å²) in [4.78, 5) is 32.2. The molecule has 0 saturated carbocycles. The van der Waals surface area contributed by atoms with Crippen molar-refractivity contribution in [2.24, 2.45) is 0 Å². The number of hydrogen-bond donors (Lipinski definition) is 0. The lowest BCUT2D eigenvalue weighted by molar-refractivity contribution is -0.385. The highest BCUT2D eigenvalue weighted by atomic mass is 32.1. The van der Waals surface area contributed by atoms with Gasteiger partial charge in [0.15, 0.2) is 5.13 Å². The number of carbonyl (C=O) groups excluding carboxylic acids is 1. The molecule has 0 N–H and O–H groups in total. The number of carbonyl (C=O) groups is 1. The zero-order valence-electron chi connectivity index (χ0n) is 16.5. The van der Waals surface area contributed by atoms with Crippen LogP contribution in [0.25, 0.3) is 10.2 Å². The van der Waals surface area contributed by atoms with E-state index in [0.29, 0.717) is 24.8 Å². The minimum absolute atomic E-state index is 0.0468. The Morgan fingerprint density at radius 3 is 2.66 bits per heavy atom. The first-order chi connectivity index (χ1) is 13.9. The smallest absolute Gasteiger partial charge is 0.282 e. The number of fused-ring (bicyclic) bond motifs is 1. The van der Waals surface area contributed by atoms with Crippen LogP contribution in [0, 0.1) is 10.1 Å². The number of anilines is 1. The molecule has 0 saturated heterocycles. The van der Waals surface area contributed by atoms with Crippen molar-refractivity contribution in [1.29, 1.82) is 0 Å². The van der Waals surface area contributed by atoms with Crippen LogP contribution in [0.2, 0.25) is 0 Å². The lowest BCUT2D eigenvalue weighted by Crippen LogP contribution is -2.37. The fraction of sp³-hybridized carbons (Fsp3) is 0.300. The van der Waals surface area contributed by atoms with Gasteiger partial charge in [0, 0.05) is 19.2 Å². The van der Waals surface area contributed by atoms with Crippen molar-refractivity contribution in [3.05, 3.63) is 58.1 Å². The molecule has 152 valence electrons. The summed E-state index contributed by atoms with van der Waals surface area (Å²) in [5.74, 6) is 0.295. The molecule has 0 aliphatic heterocycles. The molecular weight excluding hydrogens is 392 g/mol. The van der Waals surface area contributed by atoms with E-state index in [1.54, 1.807) is 12.1 Å². The van der Waals surface area contributed by atoms with Crippen molar-refractivity contribution in [3.63, 3.8) is 0 Å². The lowest BCUT2D eigenvalue weighted by atomic mass is 10.1. The molecule has 1 heterocycles. The van der Waals surface area contributed by atoms with E-state index >= 15 is 0 Å². The van der Waals surface area contributed by atoms with Gasteiger partial charge in [-0.1, -0.05) is 23.5 Å². The van der Waals surface area contributed by atoms with Gasteiger partial charge in [-0.05, 0) is 45.3 Å². The van der Waals surface area contributed by atoms with Crippen molar-refractivity contribution in [1.82, 2.24) is 9.88 Å². The van der Waals surface area contributed by atoms with Crippen LogP contribution < -0.4 is 9.64 Å². The zero-order valence-corrected chi connectivity index (χ0v) is 17.3. The number of benzene rings is 2. The summed E-state index contributed by atoms with van der Waals surface area (Å²) in [5.41, 5.74) is 0.580. The topological polar surface area (TPSA) is 88.8 Å². The average molecular weight is 414 g/mol. The number of nitro benzene ring substituents is 1. The first kappa shape index (κ1) is 20.7. The second-order valence-corrected chi connectivity index (χ2v) is 7.60. The Bertz CT molecular complexity index is 1030. The van der Waals surface area contributed by atoms with Gasteiger partial charge in [0.25, 0.3) is 11.6 Å². The molecular formula is C20H22N4O4S. The fourth-order valence-electron chi connectivity index (χ4n) is 2.81. The largest absolute Gasteiger partial charge is 0.494 e. The Hall–Kier alpha value is -3.04. The van der Waals surface area contributed by atoms with Gasteiger partial charge in [-0.15, -0.1) is 0 Å². The van der Waals surface area contributed by atoms with Crippen LogP contribution in [0.3, 0.4) is 0 Å². The number of para-hydroxylation sites is 1. The van der Waals surface area contributed by atoms with Gasteiger partial charge in [-0.2, -0.15) is 0 Å². The summed E-state index contributed by atoms with van der Waals surface area (Å²) in [6.45, 7) is 3.42. The summed E-state index contributed by atoms with van der Waals surface area (Å²) in [6, 6.07) is 11.6. The van der Waals surface area contributed by atoms with Crippen molar-refractivity contribution in [2.75, 3.05) is 38.7 Å². The number of nitro groups is 1. The second-order valence-electron chi connectivity index (χ2n) is 6.59. The zero-order chi connectivity index (χ0) is 21.0. The van der Waals surface area contributed by atoms with Crippen molar-refractivity contribution >= 4 is 38.3 Å². The molecule has 0 unspecified atom stereocenters. The van der Waals surface area contributed by atoms with E-state index < -0.39 is 10.8 Å². The summed E-state index contributed by atoms with van der Waals surface area (Å²) in [6.07, 6.45) is 0. The number of thiazole rings is 1. The first-order valence-corrected chi connectivity index (χ1v) is 9.95. The summed E-state index contributed by atoms with van der Waals surface area (Å²) >= 11 is 1.36. The van der Waals surface area contributed by atoms with Gasteiger partial charge in [0.2, 0.25) is 0 Å². The third-order valence-corrected chi connectivity index (χ3v) is 5.28. The molecule has 0 fully saturated rings. The SMILES string of the molecule is CCOc1ccc2nc(N(CCN(C)C)C(=O)c3ccccc3[N+](=O)[O-])sc2c1. The predicted molar refractivity (Wildman–Crippen MR) is 114 cm³/mol. The van der Waals surface area contributed by atoms with Gasteiger partial charge in [-0.3, -0.25) is 19.8 Å². The molecule has 8 nitrogen and oxygen atoms in total. The van der Waals surface area contributed by atoms with Gasteiger partial charge in [0.05, 0.1) is 21.7 Å². The highest BCUT2D eigenvalue weighted by Gasteiger charge is 2.27. The minimum atomic E-state index is -0.538. The molecule has 1 aromatic heterocycles. The van der Waals surface area contributed by atoms with Gasteiger partial charge >= 0.3 is 0 Å². The van der Waals surface area contributed by atoms with Crippen molar-refractivity contribution in [3.8, 4) is 5.75 Å². The first-order valence-electron chi connectivity index (χ1n) is 9.14. The summed E-state index contributed by atoms with van der Waals surface area (Å²) in [7, 11) is 3.81. The molecule has 0 aliphatic rings. The maximum Gasteiger partial charge on any atom is 0.282 e. The molecule has 0 atom stereocenters. The van der Waals surface area contributed by atoms with E-state index in [0.717, 1.165) is 16.0 Å². The quantitative estimate of drug-likeness (QED) is 0.411. The Balaban J connectivity index is 2.02. The molecule has 2 aromatic carbocycles. The van der Waals surface area contributed by atoms with Crippen LogP contribution in [0.5, 0.6) is 5.75 Å². The van der Waals surface area contributed by atoms with Gasteiger partial charge in [-0.25, -0.2) is 4.98 Å². The van der Waals surface area contributed by atoms with Crippen LogP contribution in [0.15, 0.2) is 42.5 Å². The third kappa shape index (κ3) is 4.69. The number of aromatic nitrogens is 1. The van der Waals surface area contributed by atoms with E-state index in [1.165, 1.54) is 28.4 Å². The highest BCUT2D eigenvalue weighted by molar-refractivity contribution is 7.22. The number of ether oxygens (including phenoxy) is 1. The maximum atomic E-state index is 13.3. The second kappa shape index (κ2) is 8.97. The van der Waals surface area contributed by atoms with Crippen LogP contribution in [-0.2, 0) is 0 Å². The molecule has 0 radical (unpaired) electrons. The van der Waals surface area contributed by atoms with E-state index in [4.69, 9.17) is 4.74 Å². The van der Waals surface area contributed by atoms with E-state index in [1.807, 2.05) is 44.1 Å². The molecule has 3 rings (SSSR count). The van der Waals surface area contributed by atoms with Crippen molar-refractivity contribution in [2.45, 2.75) is 6.92 Å². The number of likely N-dealkylation sites (N-methyl/N-ethyl adjacent to an activating group) is 1. The standard InChI is InChI=1S/C20H22N4O4S/c1-4-28-14-9-10-16-18(13-14)29-20(21-16)23(12-11-22(2)3)19(25)15-7-5-6-8-17(15)24(26)27/h5-10,13H,4,11-12H2,1-3H3. The third-order valence-electron chi connectivity index (χ3n) is 4.24. The lowest BCUT2D eigenvalue weighted by Gasteiger charge is -2.21. The molecule has 3 aromatic rings. The minimum Gasteiger partial charge on any atom is -0.494 e. The highest BCUT2D eigenvalue weighted by Crippen LogP contribution is 2.33. The monoisotopic (exact) mass is 414 g/mol. The summed E-state index contributed by atoms with van der Waals surface area (Å²) < 4.78 is 6.42. The Kier molecular flexibility index (Phi) is 6.40. The number of nitrogens with zero attached hydrogens (tertiary/aromatic N) is 4. The molecule has 9 heteroatoms. The Morgan fingerprint density at radius 2 is 1.97 bits per heavy atom. The predicted octanol–water partition coefficient (Wildman–Crippen LogP) is 3.81. The molecule has 0 aliphatic carbocycles. The average Bonchev–Trinajstić information content (AvgIpc) is 3.11.